The van der Waals surface area contributed by atoms with Gasteiger partial charge >= 0.3 is 30.0 Å². The van der Waals surface area contributed by atoms with Crippen LogP contribution >= 0.6 is 11.6 Å². The fourth-order valence-corrected chi connectivity index (χ4v) is 5.62. The van der Waals surface area contributed by atoms with Gasteiger partial charge in [-0.15, -0.1) is 0 Å². The minimum absolute atomic E-state index is 0.0400. The van der Waals surface area contributed by atoms with Gasteiger partial charge in [0.25, 0.3) is 5.91 Å². The lowest BCUT2D eigenvalue weighted by Gasteiger charge is -2.19. The van der Waals surface area contributed by atoms with E-state index in [0.29, 0.717) is 23.6 Å². The minimum atomic E-state index is -4.64. The number of carboxylic acids is 1. The van der Waals surface area contributed by atoms with Gasteiger partial charge < -0.3 is 36.4 Å². The molecular weight excluding hydrogens is 697 g/mol. The second kappa shape index (κ2) is 16.2. The molecule has 14 nitrogen and oxygen atoms in total. The van der Waals surface area contributed by atoms with E-state index in [-0.39, 0.29) is 23.5 Å². The third-order valence-corrected chi connectivity index (χ3v) is 8.60. The Hall–Kier alpha value is -5.19. The minimum Gasteiger partial charge on any atom is -0.480 e. The summed E-state index contributed by atoms with van der Waals surface area (Å²) in [5.41, 5.74) is 0.703. The zero-order chi connectivity index (χ0) is 36.6. The van der Waals surface area contributed by atoms with Crippen molar-refractivity contribution in [2.45, 2.75) is 75.2 Å². The number of hydrogen-bond acceptors (Lipinski definition) is 10. The Bertz CT molecular complexity index is 1720. The summed E-state index contributed by atoms with van der Waals surface area (Å²) in [6.45, 7) is -2.16. The van der Waals surface area contributed by atoms with Gasteiger partial charge in [-0.3, -0.25) is 14.4 Å². The van der Waals surface area contributed by atoms with Gasteiger partial charge in [0.1, 0.15) is 6.04 Å². The smallest absolute Gasteiger partial charge is 0.422 e. The maximum Gasteiger partial charge on any atom is 0.422 e. The Balaban J connectivity index is 1.21. The number of carbonyl (C=O) groups excluding carboxylic acids is 3. The van der Waals surface area contributed by atoms with Gasteiger partial charge in [0, 0.05) is 28.9 Å². The second-order valence-electron chi connectivity index (χ2n) is 12.3. The fourth-order valence-electron chi connectivity index (χ4n) is 5.50. The number of halogens is 4. The summed E-state index contributed by atoms with van der Waals surface area (Å²) in [6, 6.07) is 10.4. The van der Waals surface area contributed by atoms with Crippen LogP contribution in [0.15, 0.2) is 48.5 Å². The van der Waals surface area contributed by atoms with Crippen LogP contribution < -0.4 is 31.3 Å². The van der Waals surface area contributed by atoms with Crippen LogP contribution in [0, 0.1) is 0 Å². The van der Waals surface area contributed by atoms with Crippen molar-refractivity contribution >= 4 is 52.9 Å². The topological polar surface area (TPSA) is 197 Å². The number of ether oxygens (including phenoxy) is 1. The molecular formula is C33H36ClF3N8O6. The average molecular weight is 733 g/mol. The van der Waals surface area contributed by atoms with Gasteiger partial charge in [0.2, 0.25) is 11.9 Å². The highest BCUT2D eigenvalue weighted by molar-refractivity contribution is 6.35. The number of carboxylic acid groups (broad SMARTS) is 1. The summed E-state index contributed by atoms with van der Waals surface area (Å²) in [5.74, 6) is -4.28. The van der Waals surface area contributed by atoms with Crippen molar-refractivity contribution in [3.63, 3.8) is 0 Å². The molecule has 6 N–H and O–H groups in total. The Morgan fingerprint density at radius 3 is 2.16 bits per heavy atom. The van der Waals surface area contributed by atoms with E-state index in [9.17, 15) is 37.5 Å². The number of alkyl halides is 3. The Kier molecular flexibility index (Phi) is 11.8. The highest BCUT2D eigenvalue weighted by atomic mass is 35.5. The number of benzene rings is 2. The fraction of sp³-hybridized carbons (Fsp3) is 0.424. The van der Waals surface area contributed by atoms with Gasteiger partial charge in [-0.2, -0.15) is 28.1 Å². The third kappa shape index (κ3) is 10.9. The lowest BCUT2D eigenvalue weighted by atomic mass is 10.1. The van der Waals surface area contributed by atoms with Crippen LogP contribution in [-0.4, -0.2) is 75.2 Å². The molecule has 51 heavy (non-hydrogen) atoms. The monoisotopic (exact) mass is 732 g/mol. The SMILES string of the molecule is O=C(NC[C@H](NC(=O)c1ccc(Nc2nc(NC3(c4ccc(Cl)cc4)CC3)nc(OCC(F)(F)F)n2)cc1)C(=O)O)C(=O)NC1CCCCCC1. The highest BCUT2D eigenvalue weighted by Gasteiger charge is 2.45. The summed E-state index contributed by atoms with van der Waals surface area (Å²) in [7, 11) is 0. The molecule has 2 fully saturated rings. The summed E-state index contributed by atoms with van der Waals surface area (Å²) in [5, 5.41) is 23.4. The van der Waals surface area contributed by atoms with Crippen molar-refractivity contribution in [1.29, 1.82) is 0 Å². The molecule has 5 rings (SSSR count). The molecule has 0 saturated heterocycles. The second-order valence-corrected chi connectivity index (χ2v) is 12.8. The van der Waals surface area contributed by atoms with Crippen molar-refractivity contribution in [2.75, 3.05) is 23.8 Å². The predicted octanol–water partition coefficient (Wildman–Crippen LogP) is 4.45. The number of aliphatic carboxylic acids is 1. The molecule has 0 aliphatic heterocycles. The molecule has 0 radical (unpaired) electrons. The molecule has 272 valence electrons. The van der Waals surface area contributed by atoms with Crippen LogP contribution in [0.3, 0.4) is 0 Å². The van der Waals surface area contributed by atoms with E-state index < -0.39 is 60.6 Å². The first-order valence-electron chi connectivity index (χ1n) is 16.3. The van der Waals surface area contributed by atoms with E-state index in [0.717, 1.165) is 44.1 Å². The van der Waals surface area contributed by atoms with Crippen molar-refractivity contribution < 1.29 is 42.2 Å². The molecule has 0 unspecified atom stereocenters. The number of rotatable bonds is 13. The molecule has 2 aliphatic rings. The predicted molar refractivity (Wildman–Crippen MR) is 179 cm³/mol. The number of aromatic nitrogens is 3. The van der Waals surface area contributed by atoms with Gasteiger partial charge in [-0.05, 0) is 67.6 Å². The number of amides is 3. The van der Waals surface area contributed by atoms with Crippen molar-refractivity contribution in [1.82, 2.24) is 30.9 Å². The van der Waals surface area contributed by atoms with Crippen LogP contribution in [0.5, 0.6) is 6.01 Å². The lowest BCUT2D eigenvalue weighted by molar-refractivity contribution is -0.154. The van der Waals surface area contributed by atoms with E-state index in [1.165, 1.54) is 24.3 Å². The normalized spacial score (nSPS) is 16.2. The number of nitrogens with zero attached hydrogens (tertiary/aromatic N) is 3. The van der Waals surface area contributed by atoms with Gasteiger partial charge in [0.15, 0.2) is 6.61 Å². The lowest BCUT2D eigenvalue weighted by Crippen LogP contribution is -2.51. The van der Waals surface area contributed by atoms with Crippen LogP contribution in [0.1, 0.15) is 67.3 Å². The van der Waals surface area contributed by atoms with E-state index >= 15 is 0 Å². The molecule has 3 aromatic rings. The van der Waals surface area contributed by atoms with Crippen LogP contribution in [-0.2, 0) is 19.9 Å². The number of nitrogens with one attached hydrogen (secondary N) is 5. The van der Waals surface area contributed by atoms with Crippen molar-refractivity contribution in [3.05, 3.63) is 64.7 Å². The highest BCUT2D eigenvalue weighted by Crippen LogP contribution is 2.48. The van der Waals surface area contributed by atoms with Crippen molar-refractivity contribution in [2.24, 2.45) is 0 Å². The van der Waals surface area contributed by atoms with Crippen molar-refractivity contribution in [3.8, 4) is 6.01 Å². The van der Waals surface area contributed by atoms with Crippen LogP contribution in [0.25, 0.3) is 0 Å². The summed E-state index contributed by atoms with van der Waals surface area (Å²) < 4.78 is 43.5. The summed E-state index contributed by atoms with van der Waals surface area (Å²) >= 11 is 6.01. The molecule has 0 bridgehead atoms. The number of carbonyl (C=O) groups is 4. The summed E-state index contributed by atoms with van der Waals surface area (Å²) in [6.07, 6.45) is 2.31. The molecule has 2 aromatic carbocycles. The quantitative estimate of drug-likeness (QED) is 0.107. The molecule has 3 amide bonds. The summed E-state index contributed by atoms with van der Waals surface area (Å²) in [4.78, 5) is 61.6. The number of anilines is 3. The molecule has 2 saturated carbocycles. The third-order valence-electron chi connectivity index (χ3n) is 8.35. The largest absolute Gasteiger partial charge is 0.480 e. The number of hydrogen-bond donors (Lipinski definition) is 6. The van der Waals surface area contributed by atoms with E-state index in [1.54, 1.807) is 12.1 Å². The van der Waals surface area contributed by atoms with Crippen LogP contribution in [0.4, 0.5) is 30.8 Å². The average Bonchev–Trinajstić information content (AvgIpc) is 3.90. The zero-order valence-electron chi connectivity index (χ0n) is 27.2. The Labute approximate surface area is 295 Å². The molecule has 1 aromatic heterocycles. The van der Waals surface area contributed by atoms with Gasteiger partial charge in [-0.1, -0.05) is 49.4 Å². The first kappa shape index (κ1) is 37.1. The van der Waals surface area contributed by atoms with E-state index in [1.807, 2.05) is 12.1 Å². The van der Waals surface area contributed by atoms with Gasteiger partial charge in [0.05, 0.1) is 5.54 Å². The first-order chi connectivity index (χ1) is 24.3. The standard InChI is InChI=1S/C33H36ClF3N8O6/c34-21-11-9-20(10-12-21)32(15-16-32)45-30-42-29(43-31(44-30)51-18-33(35,36)37)40-23-13-7-19(8-14-23)25(46)41-24(28(49)50)17-38-26(47)27(48)39-22-5-3-1-2-4-6-22/h7-14,22,24H,1-6,15-18H2,(H,38,47)(H,39,48)(H,41,46)(H,49,50)(H2,40,42,43,44,45)/t24-/m0/s1. The Morgan fingerprint density at radius 1 is 0.902 bits per heavy atom. The molecule has 2 aliphatic carbocycles. The van der Waals surface area contributed by atoms with E-state index in [2.05, 4.69) is 41.5 Å². The molecule has 1 atom stereocenters. The first-order valence-corrected chi connectivity index (χ1v) is 16.7. The Morgan fingerprint density at radius 2 is 1.55 bits per heavy atom. The maximum atomic E-state index is 12.9. The molecule has 18 heteroatoms. The molecule has 0 spiro atoms. The molecule has 1 heterocycles. The van der Waals surface area contributed by atoms with Gasteiger partial charge in [-0.25, -0.2) is 4.79 Å². The zero-order valence-corrected chi connectivity index (χ0v) is 27.9. The van der Waals surface area contributed by atoms with E-state index in [4.69, 9.17) is 16.3 Å². The van der Waals surface area contributed by atoms with Crippen LogP contribution in [0.2, 0.25) is 5.02 Å². The maximum absolute atomic E-state index is 12.9.